The van der Waals surface area contributed by atoms with Gasteiger partial charge in [0.25, 0.3) is 0 Å². The number of hydrogen-bond donors (Lipinski definition) is 0. The summed E-state index contributed by atoms with van der Waals surface area (Å²) in [6, 6.07) is 27.0. The fraction of sp³-hybridized carbons (Fsp3) is 0.515. The van der Waals surface area contributed by atoms with Crippen LogP contribution < -0.4 is 0 Å². The Morgan fingerprint density at radius 3 is 0.636 bits per heavy atom. The van der Waals surface area contributed by atoms with Gasteiger partial charge in [-0.2, -0.15) is 0 Å². The molecule has 0 saturated carbocycles. The molecule has 33 heavy (non-hydrogen) atoms. The summed E-state index contributed by atoms with van der Waals surface area (Å²) in [4.78, 5) is 0. The van der Waals surface area contributed by atoms with E-state index in [-0.39, 0.29) is 14.9 Å². The molecule has 0 saturated heterocycles. The number of hydrogen-bond acceptors (Lipinski definition) is 0. The van der Waals surface area contributed by atoms with E-state index in [0.717, 1.165) is 0 Å². The van der Waals surface area contributed by atoms with Crippen LogP contribution in [0.15, 0.2) is 78.9 Å². The summed E-state index contributed by atoms with van der Waals surface area (Å²) in [6.07, 6.45) is 0. The minimum Gasteiger partial charge on any atom is -0.0776 e. The van der Waals surface area contributed by atoms with E-state index in [1.807, 2.05) is 115 Å². The topological polar surface area (TPSA) is 0 Å². The molecule has 0 N–H and O–H groups in total. The molecule has 0 unspecified atom stereocenters. The van der Waals surface area contributed by atoms with Gasteiger partial charge in [0.2, 0.25) is 0 Å². The molecule has 0 nitrogen and oxygen atoms in total. The Balaban J connectivity index is -0.0000000406. The molecule has 0 spiro atoms. The van der Waals surface area contributed by atoms with Gasteiger partial charge in [0.05, 0.1) is 0 Å². The minimum absolute atomic E-state index is 0. The Morgan fingerprint density at radius 1 is 0.303 bits per heavy atom. The van der Waals surface area contributed by atoms with Crippen molar-refractivity contribution in [1.82, 2.24) is 0 Å². The maximum Gasteiger partial charge on any atom is -0.0184 e. The fourth-order valence-electron chi connectivity index (χ4n) is 1.67. The van der Waals surface area contributed by atoms with Crippen molar-refractivity contribution < 1.29 is 0 Å². The molecule has 0 heteroatoms. The fourth-order valence-corrected chi connectivity index (χ4v) is 1.67. The van der Waals surface area contributed by atoms with Gasteiger partial charge in [0, 0.05) is 0 Å². The molecule has 0 aliphatic heterocycles. The summed E-state index contributed by atoms with van der Waals surface area (Å²) in [5.41, 5.74) is 1.32. The van der Waals surface area contributed by atoms with Crippen LogP contribution >= 0.6 is 0 Å². The second-order valence-electron chi connectivity index (χ2n) is 4.00. The van der Waals surface area contributed by atoms with Gasteiger partial charge in [0.15, 0.2) is 0 Å². The Morgan fingerprint density at radius 2 is 0.485 bits per heavy atom. The van der Waals surface area contributed by atoms with Crippen LogP contribution in [0.25, 0.3) is 10.8 Å². The highest BCUT2D eigenvalue weighted by molar-refractivity contribution is 5.81. The van der Waals surface area contributed by atoms with Crippen LogP contribution in [0, 0.1) is 6.92 Å². The first-order chi connectivity index (χ1) is 15.4. The average Bonchev–Trinajstić information content (AvgIpc) is 2.93. The van der Waals surface area contributed by atoms with Crippen molar-refractivity contribution in [3.05, 3.63) is 84.4 Å². The zero-order valence-electron chi connectivity index (χ0n) is 24.0. The first-order valence-electron chi connectivity index (χ1n) is 12.8. The Hall–Kier alpha value is -2.08. The summed E-state index contributed by atoms with van der Waals surface area (Å²) in [6.45, 7) is 30.1. The Labute approximate surface area is 213 Å². The monoisotopic (exact) mass is 463 g/mol. The summed E-state index contributed by atoms with van der Waals surface area (Å²) in [5, 5.41) is 2.62. The Kier molecular flexibility index (Phi) is 101. The molecule has 3 aromatic carbocycles. The molecule has 0 bridgehead atoms. The third-order valence-electron chi connectivity index (χ3n) is 2.60. The van der Waals surface area contributed by atoms with E-state index in [9.17, 15) is 0 Å². The van der Waals surface area contributed by atoms with Crippen LogP contribution in [0.1, 0.15) is 117 Å². The quantitative estimate of drug-likeness (QED) is 0.311. The largest absolute Gasteiger partial charge is 0.0776 e. The smallest absolute Gasteiger partial charge is 0.0184 e. The highest BCUT2D eigenvalue weighted by Crippen LogP contribution is 2.11. The van der Waals surface area contributed by atoms with Gasteiger partial charge >= 0.3 is 0 Å². The van der Waals surface area contributed by atoms with E-state index in [0.29, 0.717) is 0 Å². The van der Waals surface area contributed by atoms with E-state index < -0.39 is 0 Å². The lowest BCUT2D eigenvalue weighted by Gasteiger charge is -1.92. The number of rotatable bonds is 0. The first kappa shape index (κ1) is 52.7. The second-order valence-corrected chi connectivity index (χ2v) is 4.00. The van der Waals surface area contributed by atoms with Gasteiger partial charge in [0.1, 0.15) is 0 Å². The standard InChI is InChI=1S/C10H8.C7H8.7C2H6.2CH4/c1-2-6-10-8-4-3-7-9(10)5-1;1-7-5-3-2-4-6-7;7*1-2;;/h1-8H;2-6H,1H3;7*1-2H3;2*1H4. The molecule has 3 rings (SSSR count). The van der Waals surface area contributed by atoms with Crippen LogP contribution in [-0.2, 0) is 0 Å². The zero-order chi connectivity index (χ0) is 25.9. The van der Waals surface area contributed by atoms with Crippen molar-refractivity contribution in [3.63, 3.8) is 0 Å². The highest BCUT2D eigenvalue weighted by Gasteiger charge is 1.85. The third kappa shape index (κ3) is 40.8. The molecule has 0 atom stereocenters. The molecule has 0 heterocycles. The number of benzene rings is 3. The van der Waals surface area contributed by atoms with Gasteiger partial charge in [-0.3, -0.25) is 0 Å². The minimum atomic E-state index is 0. The molecule has 0 aliphatic carbocycles. The molecule has 0 fully saturated rings. The van der Waals surface area contributed by atoms with E-state index in [4.69, 9.17) is 0 Å². The molecular formula is C33H66. The van der Waals surface area contributed by atoms with E-state index in [2.05, 4.69) is 67.6 Å². The number of fused-ring (bicyclic) bond motifs is 1. The van der Waals surface area contributed by atoms with Crippen molar-refractivity contribution in [1.29, 1.82) is 0 Å². The lowest BCUT2D eigenvalue weighted by Crippen LogP contribution is -1.67. The first-order valence-corrected chi connectivity index (χ1v) is 12.8. The van der Waals surface area contributed by atoms with Crippen molar-refractivity contribution >= 4 is 10.8 Å². The summed E-state index contributed by atoms with van der Waals surface area (Å²) in [7, 11) is 0. The van der Waals surface area contributed by atoms with E-state index in [1.165, 1.54) is 16.3 Å². The molecule has 0 radical (unpaired) electrons. The third-order valence-corrected chi connectivity index (χ3v) is 2.60. The summed E-state index contributed by atoms with van der Waals surface area (Å²) < 4.78 is 0. The van der Waals surface area contributed by atoms with Crippen LogP contribution in [0.2, 0.25) is 0 Å². The second kappa shape index (κ2) is 63.1. The molecular weight excluding hydrogens is 396 g/mol. The van der Waals surface area contributed by atoms with Crippen LogP contribution in [0.4, 0.5) is 0 Å². The number of aryl methyl sites for hydroxylation is 1. The van der Waals surface area contributed by atoms with Gasteiger partial charge in [-0.25, -0.2) is 0 Å². The zero-order valence-corrected chi connectivity index (χ0v) is 24.0. The lowest BCUT2D eigenvalue weighted by molar-refractivity contribution is 1.48. The maximum absolute atomic E-state index is 2.12. The van der Waals surface area contributed by atoms with Gasteiger partial charge in [-0.1, -0.05) is 196 Å². The molecule has 0 aromatic heterocycles. The maximum atomic E-state index is 2.12. The highest BCUT2D eigenvalue weighted by atomic mass is 13.9. The molecule has 3 aromatic rings. The predicted octanol–water partition coefficient (Wildman–Crippen LogP) is 13.3. The van der Waals surface area contributed by atoms with Crippen molar-refractivity contribution in [2.75, 3.05) is 0 Å². The molecule has 0 amide bonds. The van der Waals surface area contributed by atoms with Crippen LogP contribution in [0.5, 0.6) is 0 Å². The Bertz CT molecular complexity index is 502. The van der Waals surface area contributed by atoms with Gasteiger partial charge < -0.3 is 0 Å². The van der Waals surface area contributed by atoms with Gasteiger partial charge in [-0.15, -0.1) is 0 Å². The normalized spacial score (nSPS) is 6.15. The SMILES string of the molecule is C.C.CC.CC.CC.CC.CC.CC.CC.Cc1ccccc1.c1ccc2ccccc2c1. The summed E-state index contributed by atoms with van der Waals surface area (Å²) >= 11 is 0. The van der Waals surface area contributed by atoms with Crippen molar-refractivity contribution in [2.45, 2.75) is 119 Å². The van der Waals surface area contributed by atoms with Crippen LogP contribution in [0.3, 0.4) is 0 Å². The van der Waals surface area contributed by atoms with Crippen LogP contribution in [-0.4, -0.2) is 0 Å². The van der Waals surface area contributed by atoms with Crippen molar-refractivity contribution in [3.8, 4) is 0 Å². The van der Waals surface area contributed by atoms with E-state index >= 15 is 0 Å². The van der Waals surface area contributed by atoms with Crippen molar-refractivity contribution in [2.24, 2.45) is 0 Å². The lowest BCUT2D eigenvalue weighted by atomic mass is 10.1. The molecule has 198 valence electrons. The average molecular weight is 463 g/mol. The summed E-state index contributed by atoms with van der Waals surface area (Å²) in [5.74, 6) is 0. The van der Waals surface area contributed by atoms with Gasteiger partial charge in [-0.05, 0) is 17.7 Å². The van der Waals surface area contributed by atoms with E-state index in [1.54, 1.807) is 0 Å². The predicted molar refractivity (Wildman–Crippen MR) is 168 cm³/mol. The molecule has 0 aliphatic rings.